The lowest BCUT2D eigenvalue weighted by Gasteiger charge is -2.14. The fourth-order valence-corrected chi connectivity index (χ4v) is 2.18. The number of aryl methyl sites for hydroxylation is 1. The lowest BCUT2D eigenvalue weighted by atomic mass is 9.97. The van der Waals surface area contributed by atoms with E-state index in [9.17, 15) is 0 Å². The van der Waals surface area contributed by atoms with Gasteiger partial charge in [0.15, 0.2) is 0 Å². The van der Waals surface area contributed by atoms with Crippen molar-refractivity contribution in [2.45, 2.75) is 39.0 Å². The molecule has 3 nitrogen and oxygen atoms in total. The van der Waals surface area contributed by atoms with Crippen molar-refractivity contribution >= 4 is 5.82 Å². The molecule has 1 aliphatic rings. The van der Waals surface area contributed by atoms with Crippen LogP contribution in [0.2, 0.25) is 0 Å². The number of rotatable bonds is 1. The van der Waals surface area contributed by atoms with Crippen LogP contribution in [0, 0.1) is 12.8 Å². The maximum Gasteiger partial charge on any atom is 0.134 e. The Bertz CT molecular complexity index is 335. The molecule has 0 amide bonds. The average Bonchev–Trinajstić information content (AvgIpc) is 2.57. The van der Waals surface area contributed by atoms with Gasteiger partial charge in [-0.1, -0.05) is 13.3 Å². The predicted octanol–water partition coefficient (Wildman–Crippen LogP) is 2.27. The first-order valence-corrected chi connectivity index (χ1v) is 5.27. The summed E-state index contributed by atoms with van der Waals surface area (Å²) in [5, 5.41) is 0. The standard InChI is InChI=1S/C11H17N3/c1-7-4-3-5-9(7)11-13-6-8(2)10(12)14-11/h6-7,9H,3-5H2,1-2H3,(H2,12,13,14). The molecule has 1 aliphatic carbocycles. The van der Waals surface area contributed by atoms with Gasteiger partial charge >= 0.3 is 0 Å². The van der Waals surface area contributed by atoms with Crippen LogP contribution in [0.15, 0.2) is 6.20 Å². The molecule has 76 valence electrons. The summed E-state index contributed by atoms with van der Waals surface area (Å²) in [6, 6.07) is 0. The summed E-state index contributed by atoms with van der Waals surface area (Å²) in [5.74, 6) is 2.81. The van der Waals surface area contributed by atoms with Crippen molar-refractivity contribution in [2.75, 3.05) is 5.73 Å². The smallest absolute Gasteiger partial charge is 0.134 e. The van der Waals surface area contributed by atoms with E-state index in [-0.39, 0.29) is 0 Å². The Morgan fingerprint density at radius 2 is 2.21 bits per heavy atom. The number of anilines is 1. The highest BCUT2D eigenvalue weighted by molar-refractivity contribution is 5.36. The van der Waals surface area contributed by atoms with Gasteiger partial charge in [0.2, 0.25) is 0 Å². The first-order chi connectivity index (χ1) is 6.68. The molecule has 0 radical (unpaired) electrons. The van der Waals surface area contributed by atoms with Crippen LogP contribution in [0.4, 0.5) is 5.82 Å². The first kappa shape index (κ1) is 9.44. The highest BCUT2D eigenvalue weighted by Crippen LogP contribution is 2.37. The van der Waals surface area contributed by atoms with Crippen LogP contribution in [-0.2, 0) is 0 Å². The van der Waals surface area contributed by atoms with Crippen LogP contribution in [-0.4, -0.2) is 9.97 Å². The van der Waals surface area contributed by atoms with E-state index in [0.717, 1.165) is 11.4 Å². The van der Waals surface area contributed by atoms with E-state index < -0.39 is 0 Å². The van der Waals surface area contributed by atoms with Crippen LogP contribution < -0.4 is 5.73 Å². The van der Waals surface area contributed by atoms with Crippen LogP contribution in [0.5, 0.6) is 0 Å². The summed E-state index contributed by atoms with van der Waals surface area (Å²) in [7, 11) is 0. The maximum absolute atomic E-state index is 5.78. The molecule has 1 aromatic rings. The highest BCUT2D eigenvalue weighted by Gasteiger charge is 2.27. The van der Waals surface area contributed by atoms with Crippen molar-refractivity contribution < 1.29 is 0 Å². The van der Waals surface area contributed by atoms with Crippen molar-refractivity contribution in [3.05, 3.63) is 17.6 Å². The third-order valence-electron chi connectivity index (χ3n) is 3.22. The Labute approximate surface area is 84.8 Å². The summed E-state index contributed by atoms with van der Waals surface area (Å²) in [4.78, 5) is 8.75. The molecule has 2 N–H and O–H groups in total. The van der Waals surface area contributed by atoms with Gasteiger partial charge in [-0.05, 0) is 25.7 Å². The molecule has 0 spiro atoms. The molecule has 14 heavy (non-hydrogen) atoms. The number of nitrogen functional groups attached to an aromatic ring is 1. The molecule has 1 saturated carbocycles. The summed E-state index contributed by atoms with van der Waals surface area (Å²) in [6.07, 6.45) is 5.64. The summed E-state index contributed by atoms with van der Waals surface area (Å²) >= 11 is 0. The van der Waals surface area contributed by atoms with E-state index >= 15 is 0 Å². The Balaban J connectivity index is 2.28. The van der Waals surface area contributed by atoms with Gasteiger partial charge in [0, 0.05) is 17.7 Å². The van der Waals surface area contributed by atoms with E-state index in [1.807, 2.05) is 13.1 Å². The molecule has 2 atom stereocenters. The molecule has 0 aliphatic heterocycles. The van der Waals surface area contributed by atoms with E-state index in [0.29, 0.717) is 17.7 Å². The zero-order chi connectivity index (χ0) is 10.1. The zero-order valence-electron chi connectivity index (χ0n) is 8.83. The number of nitrogens with two attached hydrogens (primary N) is 1. The molecule has 0 bridgehead atoms. The third kappa shape index (κ3) is 1.59. The van der Waals surface area contributed by atoms with Crippen molar-refractivity contribution in [3.8, 4) is 0 Å². The van der Waals surface area contributed by atoms with Gasteiger partial charge < -0.3 is 5.73 Å². The first-order valence-electron chi connectivity index (χ1n) is 5.27. The van der Waals surface area contributed by atoms with E-state index in [2.05, 4.69) is 16.9 Å². The Hall–Kier alpha value is -1.12. The maximum atomic E-state index is 5.78. The Kier molecular flexibility index (Phi) is 2.40. The summed E-state index contributed by atoms with van der Waals surface area (Å²) < 4.78 is 0. The minimum Gasteiger partial charge on any atom is -0.383 e. The van der Waals surface area contributed by atoms with Gasteiger partial charge in [-0.3, -0.25) is 0 Å². The fourth-order valence-electron chi connectivity index (χ4n) is 2.18. The number of hydrogen-bond acceptors (Lipinski definition) is 3. The lowest BCUT2D eigenvalue weighted by molar-refractivity contribution is 0.510. The SMILES string of the molecule is Cc1cnc(C2CCCC2C)nc1N. The number of aromatic nitrogens is 2. The molecular formula is C11H17N3. The molecule has 0 aromatic carbocycles. The molecule has 3 heteroatoms. The average molecular weight is 191 g/mol. The quantitative estimate of drug-likeness (QED) is 0.740. The normalized spacial score (nSPS) is 26.7. The van der Waals surface area contributed by atoms with Crippen molar-refractivity contribution in [1.29, 1.82) is 0 Å². The lowest BCUT2D eigenvalue weighted by Crippen LogP contribution is -2.09. The van der Waals surface area contributed by atoms with Crippen molar-refractivity contribution in [3.63, 3.8) is 0 Å². The molecule has 2 unspecified atom stereocenters. The molecule has 1 aromatic heterocycles. The van der Waals surface area contributed by atoms with E-state index in [1.165, 1.54) is 19.3 Å². The largest absolute Gasteiger partial charge is 0.383 e. The van der Waals surface area contributed by atoms with Crippen LogP contribution in [0.3, 0.4) is 0 Å². The minimum absolute atomic E-state index is 0.526. The third-order valence-corrected chi connectivity index (χ3v) is 3.22. The van der Waals surface area contributed by atoms with Crippen LogP contribution >= 0.6 is 0 Å². The second kappa shape index (κ2) is 3.56. The summed E-state index contributed by atoms with van der Waals surface area (Å²) in [5.41, 5.74) is 6.75. The van der Waals surface area contributed by atoms with E-state index in [4.69, 9.17) is 5.73 Å². The monoisotopic (exact) mass is 191 g/mol. The predicted molar refractivity (Wildman–Crippen MR) is 56.9 cm³/mol. The second-order valence-corrected chi connectivity index (χ2v) is 4.31. The van der Waals surface area contributed by atoms with Gasteiger partial charge in [-0.25, -0.2) is 9.97 Å². The number of hydrogen-bond donors (Lipinski definition) is 1. The Morgan fingerprint density at radius 3 is 2.79 bits per heavy atom. The molecule has 1 fully saturated rings. The van der Waals surface area contributed by atoms with Gasteiger partial charge in [0.05, 0.1) is 0 Å². The van der Waals surface area contributed by atoms with Crippen molar-refractivity contribution in [2.24, 2.45) is 5.92 Å². The second-order valence-electron chi connectivity index (χ2n) is 4.31. The van der Waals surface area contributed by atoms with Crippen molar-refractivity contribution in [1.82, 2.24) is 9.97 Å². The van der Waals surface area contributed by atoms with Crippen LogP contribution in [0.25, 0.3) is 0 Å². The molecule has 2 rings (SSSR count). The zero-order valence-corrected chi connectivity index (χ0v) is 8.83. The number of nitrogens with zero attached hydrogens (tertiary/aromatic N) is 2. The van der Waals surface area contributed by atoms with E-state index in [1.54, 1.807) is 0 Å². The topological polar surface area (TPSA) is 51.8 Å². The highest BCUT2D eigenvalue weighted by atomic mass is 14.9. The molecule has 0 saturated heterocycles. The van der Waals surface area contributed by atoms with Gasteiger partial charge in [-0.15, -0.1) is 0 Å². The minimum atomic E-state index is 0.526. The van der Waals surface area contributed by atoms with Gasteiger partial charge in [0.25, 0.3) is 0 Å². The van der Waals surface area contributed by atoms with Crippen LogP contribution in [0.1, 0.15) is 43.5 Å². The summed E-state index contributed by atoms with van der Waals surface area (Å²) in [6.45, 7) is 4.22. The van der Waals surface area contributed by atoms with Gasteiger partial charge in [0.1, 0.15) is 11.6 Å². The Morgan fingerprint density at radius 1 is 1.43 bits per heavy atom. The fraction of sp³-hybridized carbons (Fsp3) is 0.636. The molecule has 1 heterocycles. The molecular weight excluding hydrogens is 174 g/mol. The van der Waals surface area contributed by atoms with Gasteiger partial charge in [-0.2, -0.15) is 0 Å².